The van der Waals surface area contributed by atoms with Crippen LogP contribution in [0, 0.1) is 11.6 Å². The van der Waals surface area contributed by atoms with Gasteiger partial charge in [0.2, 0.25) is 0 Å². The van der Waals surface area contributed by atoms with Crippen molar-refractivity contribution in [2.24, 2.45) is 0 Å². The molecule has 2 aromatic rings. The van der Waals surface area contributed by atoms with Crippen LogP contribution in [0.25, 0.3) is 0 Å². The van der Waals surface area contributed by atoms with Gasteiger partial charge in [-0.25, -0.2) is 8.78 Å². The van der Waals surface area contributed by atoms with Crippen LogP contribution in [0.4, 0.5) is 20.2 Å². The fourth-order valence-corrected chi connectivity index (χ4v) is 2.98. The number of halogens is 2. The third kappa shape index (κ3) is 2.65. The number of benzene rings is 2. The maximum atomic E-state index is 13.9. The van der Waals surface area contributed by atoms with Gasteiger partial charge in [0.05, 0.1) is 12.3 Å². The Balaban J connectivity index is 1.95. The summed E-state index contributed by atoms with van der Waals surface area (Å²) >= 11 is 0. The summed E-state index contributed by atoms with van der Waals surface area (Å²) in [5.74, 6) is 0.234. The van der Waals surface area contributed by atoms with E-state index in [0.717, 1.165) is 30.3 Å². The molecule has 0 N–H and O–H groups in total. The van der Waals surface area contributed by atoms with Gasteiger partial charge in [0.15, 0.2) is 0 Å². The standard InChI is InChI=1S/C18H19F2NO/c1-3-12-8-9-22-18-11-14(5-6-15(12)18)21(2)17-7-4-13(19)10-16(17)20/h4-7,10-12H,3,8-9H2,1-2H3/t12-/m1/s1. The van der Waals surface area contributed by atoms with Crippen LogP contribution < -0.4 is 9.64 Å². The van der Waals surface area contributed by atoms with E-state index >= 15 is 0 Å². The van der Waals surface area contributed by atoms with Gasteiger partial charge in [0.25, 0.3) is 0 Å². The number of anilines is 2. The van der Waals surface area contributed by atoms with E-state index in [1.807, 2.05) is 12.1 Å². The van der Waals surface area contributed by atoms with Gasteiger partial charge in [-0.15, -0.1) is 0 Å². The summed E-state index contributed by atoms with van der Waals surface area (Å²) in [5.41, 5.74) is 2.37. The smallest absolute Gasteiger partial charge is 0.149 e. The lowest BCUT2D eigenvalue weighted by Crippen LogP contribution is -2.16. The molecule has 0 saturated heterocycles. The molecule has 0 bridgehead atoms. The van der Waals surface area contributed by atoms with Crippen molar-refractivity contribution in [1.82, 2.24) is 0 Å². The fraction of sp³-hybridized carbons (Fsp3) is 0.333. The molecule has 2 aromatic carbocycles. The number of nitrogens with zero attached hydrogens (tertiary/aromatic N) is 1. The average molecular weight is 303 g/mol. The van der Waals surface area contributed by atoms with Gasteiger partial charge in [-0.05, 0) is 42.5 Å². The van der Waals surface area contributed by atoms with Crippen molar-refractivity contribution in [3.05, 3.63) is 53.6 Å². The van der Waals surface area contributed by atoms with Crippen molar-refractivity contribution in [2.75, 3.05) is 18.6 Å². The molecule has 4 heteroatoms. The summed E-state index contributed by atoms with van der Waals surface area (Å²) in [6.45, 7) is 2.89. The molecule has 0 unspecified atom stereocenters. The molecule has 0 spiro atoms. The van der Waals surface area contributed by atoms with Crippen LogP contribution in [-0.2, 0) is 0 Å². The molecule has 116 valence electrons. The normalized spacial score (nSPS) is 16.8. The van der Waals surface area contributed by atoms with Crippen molar-refractivity contribution in [2.45, 2.75) is 25.7 Å². The minimum Gasteiger partial charge on any atom is -0.493 e. The summed E-state index contributed by atoms with van der Waals surface area (Å²) in [5, 5.41) is 0. The highest BCUT2D eigenvalue weighted by atomic mass is 19.1. The zero-order chi connectivity index (χ0) is 15.7. The van der Waals surface area contributed by atoms with Gasteiger partial charge in [0.1, 0.15) is 17.4 Å². The molecular formula is C18H19F2NO. The first kappa shape index (κ1) is 14.8. The Hall–Kier alpha value is -2.10. The first-order chi connectivity index (χ1) is 10.6. The Morgan fingerprint density at radius 1 is 1.18 bits per heavy atom. The van der Waals surface area contributed by atoms with Crippen LogP contribution >= 0.6 is 0 Å². The largest absolute Gasteiger partial charge is 0.493 e. The Morgan fingerprint density at radius 3 is 2.73 bits per heavy atom. The summed E-state index contributed by atoms with van der Waals surface area (Å²) in [6, 6.07) is 9.54. The van der Waals surface area contributed by atoms with Crippen molar-refractivity contribution < 1.29 is 13.5 Å². The van der Waals surface area contributed by atoms with Gasteiger partial charge in [-0.3, -0.25) is 0 Å². The molecule has 2 nitrogen and oxygen atoms in total. The maximum Gasteiger partial charge on any atom is 0.149 e. The SMILES string of the molecule is CC[C@@H]1CCOc2cc(N(C)c3ccc(F)cc3F)ccc21. The molecule has 22 heavy (non-hydrogen) atoms. The maximum absolute atomic E-state index is 13.9. The molecular weight excluding hydrogens is 284 g/mol. The second kappa shape index (κ2) is 5.95. The molecule has 0 radical (unpaired) electrons. The molecule has 0 aliphatic carbocycles. The van der Waals surface area contributed by atoms with E-state index in [1.54, 1.807) is 11.9 Å². The molecule has 3 rings (SSSR count). The average Bonchev–Trinajstić information content (AvgIpc) is 2.53. The molecule has 0 aromatic heterocycles. The van der Waals surface area contributed by atoms with Crippen molar-refractivity contribution in [3.63, 3.8) is 0 Å². The molecule has 1 atom stereocenters. The van der Waals surface area contributed by atoms with Crippen LogP contribution in [0.15, 0.2) is 36.4 Å². The van der Waals surface area contributed by atoms with E-state index in [4.69, 9.17) is 4.74 Å². The molecule has 1 heterocycles. The summed E-state index contributed by atoms with van der Waals surface area (Å²) in [4.78, 5) is 1.70. The fourth-order valence-electron chi connectivity index (χ4n) is 2.98. The zero-order valence-electron chi connectivity index (χ0n) is 12.8. The van der Waals surface area contributed by atoms with E-state index in [0.29, 0.717) is 18.2 Å². The first-order valence-electron chi connectivity index (χ1n) is 7.55. The van der Waals surface area contributed by atoms with Gasteiger partial charge >= 0.3 is 0 Å². The van der Waals surface area contributed by atoms with Crippen LogP contribution in [0.1, 0.15) is 31.2 Å². The first-order valence-corrected chi connectivity index (χ1v) is 7.55. The van der Waals surface area contributed by atoms with E-state index in [9.17, 15) is 8.78 Å². The minimum absolute atomic E-state index is 0.337. The molecule has 0 saturated carbocycles. The highest BCUT2D eigenvalue weighted by molar-refractivity contribution is 5.65. The number of rotatable bonds is 3. The van der Waals surface area contributed by atoms with Gasteiger partial charge in [-0.1, -0.05) is 13.0 Å². The van der Waals surface area contributed by atoms with E-state index in [1.165, 1.54) is 17.7 Å². The second-order valence-electron chi connectivity index (χ2n) is 5.62. The monoisotopic (exact) mass is 303 g/mol. The Labute approximate surface area is 129 Å². The molecule has 0 amide bonds. The Kier molecular flexibility index (Phi) is 4.01. The van der Waals surface area contributed by atoms with E-state index in [2.05, 4.69) is 13.0 Å². The van der Waals surface area contributed by atoms with Gasteiger partial charge in [0, 0.05) is 24.9 Å². The lowest BCUT2D eigenvalue weighted by atomic mass is 9.91. The quantitative estimate of drug-likeness (QED) is 0.790. The zero-order valence-corrected chi connectivity index (χ0v) is 12.8. The van der Waals surface area contributed by atoms with Crippen LogP contribution in [0.5, 0.6) is 5.75 Å². The highest BCUT2D eigenvalue weighted by Crippen LogP contribution is 2.39. The predicted octanol–water partition coefficient (Wildman–Crippen LogP) is 5.01. The molecule has 0 fully saturated rings. The number of hydrogen-bond donors (Lipinski definition) is 0. The number of hydrogen-bond acceptors (Lipinski definition) is 2. The molecule has 1 aliphatic heterocycles. The summed E-state index contributed by atoms with van der Waals surface area (Å²) in [6.07, 6.45) is 2.11. The topological polar surface area (TPSA) is 12.5 Å². The number of fused-ring (bicyclic) bond motifs is 1. The highest BCUT2D eigenvalue weighted by Gasteiger charge is 2.21. The third-order valence-electron chi connectivity index (χ3n) is 4.31. The van der Waals surface area contributed by atoms with Crippen molar-refractivity contribution in [3.8, 4) is 5.75 Å². The van der Waals surface area contributed by atoms with Crippen LogP contribution in [0.2, 0.25) is 0 Å². The molecule has 1 aliphatic rings. The third-order valence-corrected chi connectivity index (χ3v) is 4.31. The van der Waals surface area contributed by atoms with Crippen molar-refractivity contribution >= 4 is 11.4 Å². The van der Waals surface area contributed by atoms with E-state index < -0.39 is 11.6 Å². The lowest BCUT2D eigenvalue weighted by Gasteiger charge is -2.27. The van der Waals surface area contributed by atoms with E-state index in [-0.39, 0.29) is 0 Å². The van der Waals surface area contributed by atoms with Gasteiger partial charge < -0.3 is 9.64 Å². The number of ether oxygens (including phenoxy) is 1. The summed E-state index contributed by atoms with van der Waals surface area (Å²) in [7, 11) is 1.76. The Bertz CT molecular complexity index is 687. The Morgan fingerprint density at radius 2 is 2.00 bits per heavy atom. The van der Waals surface area contributed by atoms with Crippen LogP contribution in [0.3, 0.4) is 0 Å². The van der Waals surface area contributed by atoms with Crippen LogP contribution in [-0.4, -0.2) is 13.7 Å². The lowest BCUT2D eigenvalue weighted by molar-refractivity contribution is 0.265. The summed E-state index contributed by atoms with van der Waals surface area (Å²) < 4.78 is 32.7. The minimum atomic E-state index is -0.576. The predicted molar refractivity (Wildman–Crippen MR) is 84.0 cm³/mol. The second-order valence-corrected chi connectivity index (χ2v) is 5.62. The van der Waals surface area contributed by atoms with Gasteiger partial charge in [-0.2, -0.15) is 0 Å². The van der Waals surface area contributed by atoms with Crippen molar-refractivity contribution in [1.29, 1.82) is 0 Å².